The molecule has 0 radical (unpaired) electrons. The fourth-order valence-electron chi connectivity index (χ4n) is 2.25. The second-order valence-corrected chi connectivity index (χ2v) is 4.70. The number of nitrogens with one attached hydrogen (secondary N) is 1. The molecule has 1 aromatic heterocycles. The standard InChI is InChI=1S/C13H21N3O/c1-14-13-3-2-12(8-15-13)9-16-6-4-11(10-17)5-7-16/h2-3,8,11,17H,4-7,9-10H2,1H3,(H,14,15). The fraction of sp³-hybridized carbons (Fsp3) is 0.615. The minimum Gasteiger partial charge on any atom is -0.396 e. The first-order valence-electron chi connectivity index (χ1n) is 6.27. The molecular formula is C13H21N3O. The van der Waals surface area contributed by atoms with E-state index in [0.29, 0.717) is 12.5 Å². The van der Waals surface area contributed by atoms with Crippen LogP contribution in [0.5, 0.6) is 0 Å². The second kappa shape index (κ2) is 5.98. The Morgan fingerprint density at radius 1 is 1.41 bits per heavy atom. The zero-order chi connectivity index (χ0) is 12.1. The molecule has 1 aromatic rings. The van der Waals surface area contributed by atoms with Crippen LogP contribution in [0.4, 0.5) is 5.82 Å². The van der Waals surface area contributed by atoms with Crippen LogP contribution in [-0.2, 0) is 6.54 Å². The van der Waals surface area contributed by atoms with E-state index in [0.717, 1.165) is 38.3 Å². The molecule has 0 spiro atoms. The Hall–Kier alpha value is -1.13. The van der Waals surface area contributed by atoms with E-state index < -0.39 is 0 Å². The summed E-state index contributed by atoms with van der Waals surface area (Å²) in [6, 6.07) is 4.13. The molecule has 0 bridgehead atoms. The molecule has 1 aliphatic rings. The summed E-state index contributed by atoms with van der Waals surface area (Å²) in [6.45, 7) is 3.47. The van der Waals surface area contributed by atoms with E-state index in [-0.39, 0.29) is 0 Å². The van der Waals surface area contributed by atoms with Crippen molar-refractivity contribution in [2.75, 3.05) is 32.1 Å². The van der Waals surface area contributed by atoms with Crippen LogP contribution in [0.2, 0.25) is 0 Å². The summed E-state index contributed by atoms with van der Waals surface area (Å²) in [4.78, 5) is 6.75. The molecule has 0 unspecified atom stereocenters. The van der Waals surface area contributed by atoms with Crippen LogP contribution in [0.15, 0.2) is 18.3 Å². The van der Waals surface area contributed by atoms with E-state index in [4.69, 9.17) is 5.11 Å². The van der Waals surface area contributed by atoms with Gasteiger partial charge in [0, 0.05) is 26.4 Å². The molecule has 0 amide bonds. The van der Waals surface area contributed by atoms with Crippen molar-refractivity contribution in [3.05, 3.63) is 23.9 Å². The van der Waals surface area contributed by atoms with Gasteiger partial charge < -0.3 is 10.4 Å². The maximum absolute atomic E-state index is 9.09. The zero-order valence-corrected chi connectivity index (χ0v) is 10.4. The van der Waals surface area contributed by atoms with Gasteiger partial charge in [-0.1, -0.05) is 6.07 Å². The monoisotopic (exact) mass is 235 g/mol. The average molecular weight is 235 g/mol. The summed E-state index contributed by atoms with van der Waals surface area (Å²) in [7, 11) is 1.88. The van der Waals surface area contributed by atoms with Crippen molar-refractivity contribution < 1.29 is 5.11 Å². The Morgan fingerprint density at radius 2 is 2.18 bits per heavy atom. The van der Waals surface area contributed by atoms with Gasteiger partial charge in [0.15, 0.2) is 0 Å². The van der Waals surface area contributed by atoms with Gasteiger partial charge in [-0.05, 0) is 43.5 Å². The molecule has 0 saturated carbocycles. The number of hydrogen-bond acceptors (Lipinski definition) is 4. The highest BCUT2D eigenvalue weighted by Gasteiger charge is 2.18. The van der Waals surface area contributed by atoms with Crippen molar-refractivity contribution in [1.82, 2.24) is 9.88 Å². The van der Waals surface area contributed by atoms with Gasteiger partial charge >= 0.3 is 0 Å². The molecule has 1 fully saturated rings. The predicted molar refractivity (Wildman–Crippen MR) is 68.9 cm³/mol. The molecule has 4 heteroatoms. The Balaban J connectivity index is 1.84. The van der Waals surface area contributed by atoms with E-state index in [1.54, 1.807) is 0 Å². The molecule has 0 aliphatic carbocycles. The molecule has 0 atom stereocenters. The van der Waals surface area contributed by atoms with E-state index in [1.807, 2.05) is 19.3 Å². The Labute approximate surface area is 103 Å². The fourth-order valence-corrected chi connectivity index (χ4v) is 2.25. The zero-order valence-electron chi connectivity index (χ0n) is 10.4. The molecule has 2 heterocycles. The normalized spacial score (nSPS) is 18.2. The molecular weight excluding hydrogens is 214 g/mol. The van der Waals surface area contributed by atoms with E-state index in [1.165, 1.54) is 5.56 Å². The lowest BCUT2D eigenvalue weighted by molar-refractivity contribution is 0.127. The molecule has 1 aliphatic heterocycles. The SMILES string of the molecule is CNc1ccc(CN2CCC(CO)CC2)cn1. The highest BCUT2D eigenvalue weighted by molar-refractivity contribution is 5.34. The third kappa shape index (κ3) is 3.41. The number of nitrogens with zero attached hydrogens (tertiary/aromatic N) is 2. The third-order valence-electron chi connectivity index (χ3n) is 3.45. The number of hydrogen-bond donors (Lipinski definition) is 2. The lowest BCUT2D eigenvalue weighted by atomic mass is 9.98. The minimum absolute atomic E-state index is 0.340. The molecule has 17 heavy (non-hydrogen) atoms. The van der Waals surface area contributed by atoms with Gasteiger partial charge in [-0.25, -0.2) is 4.98 Å². The maximum Gasteiger partial charge on any atom is 0.125 e. The Bertz CT molecular complexity index is 331. The number of likely N-dealkylation sites (tertiary alicyclic amines) is 1. The van der Waals surface area contributed by atoms with Gasteiger partial charge in [-0.3, -0.25) is 4.90 Å². The van der Waals surface area contributed by atoms with Crippen LogP contribution < -0.4 is 5.32 Å². The number of piperidine rings is 1. The number of aromatic nitrogens is 1. The predicted octanol–water partition coefficient (Wildman–Crippen LogP) is 1.33. The minimum atomic E-state index is 0.340. The summed E-state index contributed by atoms with van der Waals surface area (Å²) in [5.41, 5.74) is 1.26. The maximum atomic E-state index is 9.09. The average Bonchev–Trinajstić information content (AvgIpc) is 2.40. The van der Waals surface area contributed by atoms with Gasteiger partial charge in [-0.15, -0.1) is 0 Å². The number of anilines is 1. The second-order valence-electron chi connectivity index (χ2n) is 4.70. The number of pyridine rings is 1. The third-order valence-corrected chi connectivity index (χ3v) is 3.45. The highest BCUT2D eigenvalue weighted by atomic mass is 16.3. The quantitative estimate of drug-likeness (QED) is 0.826. The Kier molecular flexibility index (Phi) is 4.34. The lowest BCUT2D eigenvalue weighted by Crippen LogP contribution is -2.34. The van der Waals surface area contributed by atoms with Crippen molar-refractivity contribution in [3.8, 4) is 0 Å². The lowest BCUT2D eigenvalue weighted by Gasteiger charge is -2.30. The number of aliphatic hydroxyl groups is 1. The van der Waals surface area contributed by atoms with E-state index in [9.17, 15) is 0 Å². The topological polar surface area (TPSA) is 48.4 Å². The van der Waals surface area contributed by atoms with Crippen LogP contribution >= 0.6 is 0 Å². The van der Waals surface area contributed by atoms with Crippen LogP contribution in [-0.4, -0.2) is 41.7 Å². The van der Waals surface area contributed by atoms with E-state index in [2.05, 4.69) is 21.3 Å². The highest BCUT2D eigenvalue weighted by Crippen LogP contribution is 2.18. The molecule has 0 aromatic carbocycles. The van der Waals surface area contributed by atoms with Gasteiger partial charge in [0.25, 0.3) is 0 Å². The summed E-state index contributed by atoms with van der Waals surface area (Å²) >= 11 is 0. The summed E-state index contributed by atoms with van der Waals surface area (Å²) in [5, 5.41) is 12.1. The summed E-state index contributed by atoms with van der Waals surface area (Å²) in [6.07, 6.45) is 4.15. The van der Waals surface area contributed by atoms with Crippen molar-refractivity contribution >= 4 is 5.82 Å². The summed E-state index contributed by atoms with van der Waals surface area (Å²) < 4.78 is 0. The van der Waals surface area contributed by atoms with Gasteiger partial charge in [0.05, 0.1) is 0 Å². The van der Waals surface area contributed by atoms with Gasteiger partial charge in [0.1, 0.15) is 5.82 Å². The first kappa shape index (κ1) is 12.3. The van der Waals surface area contributed by atoms with Crippen molar-refractivity contribution in [2.45, 2.75) is 19.4 Å². The molecule has 4 nitrogen and oxygen atoms in total. The molecule has 2 N–H and O–H groups in total. The van der Waals surface area contributed by atoms with Gasteiger partial charge in [-0.2, -0.15) is 0 Å². The first-order chi connectivity index (χ1) is 8.31. The van der Waals surface area contributed by atoms with Crippen LogP contribution in [0.25, 0.3) is 0 Å². The molecule has 1 saturated heterocycles. The van der Waals surface area contributed by atoms with Crippen LogP contribution in [0.1, 0.15) is 18.4 Å². The first-order valence-corrected chi connectivity index (χ1v) is 6.27. The smallest absolute Gasteiger partial charge is 0.125 e. The largest absolute Gasteiger partial charge is 0.396 e. The number of aliphatic hydroxyl groups excluding tert-OH is 1. The van der Waals surface area contributed by atoms with Crippen LogP contribution in [0.3, 0.4) is 0 Å². The van der Waals surface area contributed by atoms with Gasteiger partial charge in [0.2, 0.25) is 0 Å². The number of rotatable bonds is 4. The molecule has 94 valence electrons. The molecule has 2 rings (SSSR count). The van der Waals surface area contributed by atoms with Crippen molar-refractivity contribution in [1.29, 1.82) is 0 Å². The Morgan fingerprint density at radius 3 is 2.71 bits per heavy atom. The van der Waals surface area contributed by atoms with Crippen molar-refractivity contribution in [2.24, 2.45) is 5.92 Å². The van der Waals surface area contributed by atoms with E-state index >= 15 is 0 Å². The summed E-state index contributed by atoms with van der Waals surface area (Å²) in [5.74, 6) is 1.42. The van der Waals surface area contributed by atoms with Crippen LogP contribution in [0, 0.1) is 5.92 Å². The van der Waals surface area contributed by atoms with Crippen molar-refractivity contribution in [3.63, 3.8) is 0 Å².